The van der Waals surface area contributed by atoms with Crippen molar-refractivity contribution < 1.29 is 17.6 Å². The van der Waals surface area contributed by atoms with Crippen LogP contribution in [0.4, 0.5) is 4.39 Å². The molecule has 2 aliphatic rings. The predicted octanol–water partition coefficient (Wildman–Crippen LogP) is 6.33. The van der Waals surface area contributed by atoms with E-state index in [1.165, 1.54) is 14.9 Å². The number of fused-ring (bicyclic) bond motifs is 1. The van der Waals surface area contributed by atoms with E-state index >= 15 is 4.39 Å². The Balaban J connectivity index is 1.36. The molecule has 0 saturated carbocycles. The maximum atomic E-state index is 15.4. The minimum Gasteiger partial charge on any atom is -0.345 e. The third kappa shape index (κ3) is 5.28. The molecule has 1 atom stereocenters. The summed E-state index contributed by atoms with van der Waals surface area (Å²) < 4.78 is 44.2. The molecule has 7 nitrogen and oxygen atoms in total. The maximum absolute atomic E-state index is 15.4. The van der Waals surface area contributed by atoms with E-state index < -0.39 is 14.8 Å². The molecule has 0 bridgehead atoms. The standard InChI is InChI=1S/C35H37FN4O3S/c1-35(17-5-7-28(22-35)27-13-14-29(32(36)21-27)25-15-19-39(4)20-16-25)44(42,43)40-23-31(30-8-6-18-37-33(30)40)24-9-11-26(12-10-24)34(41)38(2)3/h5-14,18,21-23,25H,15-17,19-20H2,1-4H3. The lowest BCUT2D eigenvalue weighted by molar-refractivity contribution is 0.0827. The molecule has 1 fully saturated rings. The molecule has 6 rings (SSSR count). The van der Waals surface area contributed by atoms with Gasteiger partial charge in [-0.05, 0) is 105 Å². The Bertz CT molecular complexity index is 1900. The third-order valence-corrected chi connectivity index (χ3v) is 11.3. The van der Waals surface area contributed by atoms with Crippen molar-refractivity contribution in [3.63, 3.8) is 0 Å². The molecule has 1 aliphatic carbocycles. The number of halogens is 1. The number of benzene rings is 2. The number of aromatic nitrogens is 2. The predicted molar refractivity (Wildman–Crippen MR) is 174 cm³/mol. The summed E-state index contributed by atoms with van der Waals surface area (Å²) in [5.74, 6) is -0.166. The number of amides is 1. The fourth-order valence-electron chi connectivity index (χ4n) is 6.29. The molecular formula is C35H37FN4O3S. The van der Waals surface area contributed by atoms with Gasteiger partial charge in [-0.25, -0.2) is 21.8 Å². The number of pyridine rings is 1. The monoisotopic (exact) mass is 612 g/mol. The van der Waals surface area contributed by atoms with Crippen molar-refractivity contribution in [2.45, 2.75) is 36.9 Å². The highest BCUT2D eigenvalue weighted by Gasteiger charge is 2.41. The zero-order chi connectivity index (χ0) is 31.2. The molecule has 0 radical (unpaired) electrons. The highest BCUT2D eigenvalue weighted by Crippen LogP contribution is 2.39. The number of nitrogens with zero attached hydrogens (tertiary/aromatic N) is 4. The highest BCUT2D eigenvalue weighted by molar-refractivity contribution is 7.91. The Labute approximate surface area is 258 Å². The van der Waals surface area contributed by atoms with Gasteiger partial charge in [0, 0.05) is 43.0 Å². The van der Waals surface area contributed by atoms with E-state index in [1.54, 1.807) is 57.7 Å². The Morgan fingerprint density at radius 1 is 1.05 bits per heavy atom. The number of piperidine rings is 1. The molecule has 1 unspecified atom stereocenters. The van der Waals surface area contributed by atoms with Crippen LogP contribution in [0.15, 0.2) is 85.2 Å². The van der Waals surface area contributed by atoms with Gasteiger partial charge in [-0.15, -0.1) is 0 Å². The van der Waals surface area contributed by atoms with Crippen LogP contribution >= 0.6 is 0 Å². The average Bonchev–Trinajstić information content (AvgIpc) is 3.42. The van der Waals surface area contributed by atoms with E-state index in [2.05, 4.69) is 16.9 Å². The Morgan fingerprint density at radius 3 is 2.43 bits per heavy atom. The van der Waals surface area contributed by atoms with Gasteiger partial charge in [0.25, 0.3) is 5.91 Å². The van der Waals surface area contributed by atoms with Crippen molar-refractivity contribution in [3.05, 3.63) is 108 Å². The van der Waals surface area contributed by atoms with Crippen LogP contribution < -0.4 is 0 Å². The molecule has 3 heterocycles. The molecule has 1 amide bonds. The molecule has 0 N–H and O–H groups in total. The van der Waals surface area contributed by atoms with Crippen molar-refractivity contribution in [2.75, 3.05) is 34.2 Å². The van der Waals surface area contributed by atoms with Gasteiger partial charge in [-0.2, -0.15) is 0 Å². The SMILES string of the molecule is CN1CCC(c2ccc(C3=CC(C)(S(=O)(=O)n4cc(-c5ccc(C(=O)N(C)C)cc5)c5cccnc54)CC=C3)cc2F)CC1. The summed E-state index contributed by atoms with van der Waals surface area (Å²) in [6, 6.07) is 16.1. The number of likely N-dealkylation sites (tertiary alicyclic amines) is 1. The summed E-state index contributed by atoms with van der Waals surface area (Å²) in [5, 5.41) is 0.688. The lowest BCUT2D eigenvalue weighted by Crippen LogP contribution is -2.38. The van der Waals surface area contributed by atoms with Gasteiger partial charge >= 0.3 is 0 Å². The summed E-state index contributed by atoms with van der Waals surface area (Å²) in [6.45, 7) is 3.59. The van der Waals surface area contributed by atoms with E-state index in [4.69, 9.17) is 0 Å². The first kappa shape index (κ1) is 30.0. The molecule has 4 aromatic rings. The molecular weight excluding hydrogens is 575 g/mol. The van der Waals surface area contributed by atoms with E-state index in [9.17, 15) is 13.2 Å². The Hall–Kier alpha value is -4.08. The number of hydrogen-bond acceptors (Lipinski definition) is 5. The summed E-state index contributed by atoms with van der Waals surface area (Å²) >= 11 is 0. The third-order valence-electron chi connectivity index (χ3n) is 9.00. The van der Waals surface area contributed by atoms with E-state index in [1.807, 2.05) is 42.5 Å². The maximum Gasteiger partial charge on any atom is 0.253 e. The first-order chi connectivity index (χ1) is 21.0. The van der Waals surface area contributed by atoms with Crippen molar-refractivity contribution in [1.82, 2.24) is 18.8 Å². The molecule has 2 aromatic heterocycles. The molecule has 1 saturated heterocycles. The summed E-state index contributed by atoms with van der Waals surface area (Å²) in [5.41, 5.74) is 4.40. The van der Waals surface area contributed by atoms with Crippen LogP contribution in [0.1, 0.15) is 53.6 Å². The van der Waals surface area contributed by atoms with Crippen LogP contribution in [-0.2, 0) is 10.0 Å². The molecule has 1 aliphatic heterocycles. The minimum atomic E-state index is -4.02. The lowest BCUT2D eigenvalue weighted by atomic mass is 9.87. The largest absolute Gasteiger partial charge is 0.345 e. The fourth-order valence-corrected chi connectivity index (χ4v) is 7.94. The zero-order valence-electron chi connectivity index (χ0n) is 25.5. The van der Waals surface area contributed by atoms with E-state index in [0.717, 1.165) is 37.1 Å². The number of allylic oxidation sites excluding steroid dienone is 3. The normalized spacial score (nSPS) is 19.7. The van der Waals surface area contributed by atoms with Gasteiger partial charge in [0.2, 0.25) is 10.0 Å². The molecule has 228 valence electrons. The van der Waals surface area contributed by atoms with Crippen molar-refractivity contribution in [1.29, 1.82) is 0 Å². The second kappa shape index (κ2) is 11.4. The van der Waals surface area contributed by atoms with Crippen LogP contribution in [0.2, 0.25) is 0 Å². The molecule has 2 aromatic carbocycles. The van der Waals surface area contributed by atoms with Crippen LogP contribution in [0.5, 0.6) is 0 Å². The second-order valence-electron chi connectivity index (χ2n) is 12.3. The first-order valence-corrected chi connectivity index (χ1v) is 16.3. The van der Waals surface area contributed by atoms with Gasteiger partial charge in [0.15, 0.2) is 5.65 Å². The summed E-state index contributed by atoms with van der Waals surface area (Å²) in [7, 11) is 1.46. The average molecular weight is 613 g/mol. The smallest absolute Gasteiger partial charge is 0.253 e. The number of hydrogen-bond donors (Lipinski definition) is 0. The van der Waals surface area contributed by atoms with Crippen LogP contribution in [0.25, 0.3) is 27.7 Å². The summed E-state index contributed by atoms with van der Waals surface area (Å²) in [6.07, 6.45) is 10.8. The van der Waals surface area contributed by atoms with Gasteiger partial charge in [-0.3, -0.25) is 4.79 Å². The Morgan fingerprint density at radius 2 is 1.75 bits per heavy atom. The summed E-state index contributed by atoms with van der Waals surface area (Å²) in [4.78, 5) is 20.6. The number of rotatable bonds is 6. The first-order valence-electron chi connectivity index (χ1n) is 14.9. The second-order valence-corrected chi connectivity index (χ2v) is 14.6. The van der Waals surface area contributed by atoms with E-state index in [0.29, 0.717) is 33.3 Å². The van der Waals surface area contributed by atoms with Gasteiger partial charge < -0.3 is 9.80 Å². The highest BCUT2D eigenvalue weighted by atomic mass is 32.2. The van der Waals surface area contributed by atoms with Gasteiger partial charge in [0.05, 0.1) is 0 Å². The molecule has 0 spiro atoms. The van der Waals surface area contributed by atoms with Crippen LogP contribution in [-0.4, -0.2) is 72.1 Å². The van der Waals surface area contributed by atoms with E-state index in [-0.39, 0.29) is 24.1 Å². The fraction of sp³-hybridized carbons (Fsp3) is 0.314. The minimum absolute atomic E-state index is 0.111. The number of carbonyl (C=O) groups is 1. The van der Waals surface area contributed by atoms with Gasteiger partial charge in [0.1, 0.15) is 10.6 Å². The van der Waals surface area contributed by atoms with Crippen molar-refractivity contribution in [2.24, 2.45) is 0 Å². The van der Waals surface area contributed by atoms with Crippen LogP contribution in [0, 0.1) is 5.82 Å². The van der Waals surface area contributed by atoms with Crippen molar-refractivity contribution >= 4 is 32.5 Å². The lowest BCUT2D eigenvalue weighted by Gasteiger charge is -2.30. The number of carbonyl (C=O) groups excluding carboxylic acids is 1. The van der Waals surface area contributed by atoms with Crippen molar-refractivity contribution in [3.8, 4) is 11.1 Å². The Kier molecular flexibility index (Phi) is 7.80. The zero-order valence-corrected chi connectivity index (χ0v) is 26.3. The quantitative estimate of drug-likeness (QED) is 0.254. The molecule has 9 heteroatoms. The molecule has 44 heavy (non-hydrogen) atoms. The van der Waals surface area contributed by atoms with Gasteiger partial charge in [-0.1, -0.05) is 42.5 Å². The van der Waals surface area contributed by atoms with Crippen LogP contribution in [0.3, 0.4) is 0 Å². The topological polar surface area (TPSA) is 75.5 Å².